The summed E-state index contributed by atoms with van der Waals surface area (Å²) in [6.45, 7) is 4.25. The fourth-order valence-corrected chi connectivity index (χ4v) is 5.37. The number of aromatic nitrogens is 7. The van der Waals surface area contributed by atoms with Crippen molar-refractivity contribution in [3.8, 4) is 16.4 Å². The number of aromatic amines is 1. The van der Waals surface area contributed by atoms with Crippen molar-refractivity contribution in [2.75, 3.05) is 31.1 Å². The molecule has 0 bridgehead atoms. The predicted octanol–water partition coefficient (Wildman–Crippen LogP) is 2.65. The molecule has 0 atom stereocenters. The zero-order valence-corrected chi connectivity index (χ0v) is 20.7. The van der Waals surface area contributed by atoms with Gasteiger partial charge in [0.1, 0.15) is 10.7 Å². The van der Waals surface area contributed by atoms with E-state index in [0.717, 1.165) is 15.6 Å². The van der Waals surface area contributed by atoms with Gasteiger partial charge in [0.05, 0.1) is 22.3 Å². The summed E-state index contributed by atoms with van der Waals surface area (Å²) < 4.78 is 2.97. The Labute approximate surface area is 213 Å². The van der Waals surface area contributed by atoms with Gasteiger partial charge in [0.15, 0.2) is 5.13 Å². The number of halogens is 1. The van der Waals surface area contributed by atoms with Crippen molar-refractivity contribution in [3.63, 3.8) is 0 Å². The van der Waals surface area contributed by atoms with Crippen molar-refractivity contribution >= 4 is 39.5 Å². The molecule has 6 heterocycles. The molecule has 0 radical (unpaired) electrons. The summed E-state index contributed by atoms with van der Waals surface area (Å²) in [5, 5.41) is 10.1. The Hall–Kier alpha value is -4.03. The van der Waals surface area contributed by atoms with Crippen LogP contribution >= 0.6 is 22.9 Å². The van der Waals surface area contributed by atoms with Crippen LogP contribution in [-0.4, -0.2) is 71.3 Å². The van der Waals surface area contributed by atoms with Gasteiger partial charge < -0.3 is 9.80 Å². The second-order valence-corrected chi connectivity index (χ2v) is 9.72. The summed E-state index contributed by atoms with van der Waals surface area (Å²) in [7, 11) is 0. The van der Waals surface area contributed by atoms with Gasteiger partial charge in [0.2, 0.25) is 5.95 Å². The van der Waals surface area contributed by atoms with Crippen LogP contribution in [0.5, 0.6) is 0 Å². The van der Waals surface area contributed by atoms with Crippen molar-refractivity contribution in [2.45, 2.75) is 6.92 Å². The van der Waals surface area contributed by atoms with Crippen LogP contribution in [0.2, 0.25) is 5.15 Å². The maximum Gasteiger partial charge on any atom is 0.276 e. The zero-order valence-electron chi connectivity index (χ0n) is 19.1. The molecule has 0 saturated carbocycles. The topological polar surface area (TPSA) is 117 Å². The lowest BCUT2D eigenvalue weighted by Gasteiger charge is -2.34. The number of pyridine rings is 1. The third-order valence-electron chi connectivity index (χ3n) is 6.17. The number of hydrogen-bond donors (Lipinski definition) is 1. The second-order valence-electron chi connectivity index (χ2n) is 8.32. The first-order valence-electron chi connectivity index (χ1n) is 11.2. The summed E-state index contributed by atoms with van der Waals surface area (Å²) in [5.41, 5.74) is 2.23. The Balaban J connectivity index is 1.16. The first-order chi connectivity index (χ1) is 17.5. The standard InChI is InChI=1S/C23H20ClN9O2S/c1-14-16(12-27-33(14)22-28-20(34)17-3-2-6-32(17)29-22)21(35)30-7-9-31(10-8-30)23-26-13-18(36-23)15-4-5-25-19(24)11-15/h2-6,11-13H,7-10H2,1H3,(H,28,29,34). The molecule has 182 valence electrons. The molecule has 1 fully saturated rings. The third-order valence-corrected chi connectivity index (χ3v) is 7.49. The fourth-order valence-electron chi connectivity index (χ4n) is 4.23. The van der Waals surface area contributed by atoms with Gasteiger partial charge in [-0.05, 0) is 36.8 Å². The molecule has 5 aromatic rings. The third kappa shape index (κ3) is 3.93. The summed E-state index contributed by atoms with van der Waals surface area (Å²) >= 11 is 7.61. The number of carbonyl (C=O) groups is 1. The Kier molecular flexibility index (Phi) is 5.53. The van der Waals surface area contributed by atoms with Crippen LogP contribution < -0.4 is 10.5 Å². The van der Waals surface area contributed by atoms with E-state index in [2.05, 4.69) is 30.0 Å². The van der Waals surface area contributed by atoms with Crippen LogP contribution in [0.3, 0.4) is 0 Å². The lowest BCUT2D eigenvalue weighted by molar-refractivity contribution is 0.0746. The number of H-pyrrole nitrogens is 1. The number of nitrogens with one attached hydrogen (secondary N) is 1. The highest BCUT2D eigenvalue weighted by atomic mass is 35.5. The molecule has 5 aromatic heterocycles. The summed E-state index contributed by atoms with van der Waals surface area (Å²) in [5.74, 6) is 0.147. The van der Waals surface area contributed by atoms with Crippen LogP contribution in [0.4, 0.5) is 5.13 Å². The molecular formula is C23H20ClN9O2S. The molecule has 1 saturated heterocycles. The number of hydrogen-bond acceptors (Lipinski definition) is 8. The Morgan fingerprint density at radius 2 is 1.97 bits per heavy atom. The van der Waals surface area contributed by atoms with Gasteiger partial charge in [-0.2, -0.15) is 5.10 Å². The Bertz CT molecular complexity index is 1640. The van der Waals surface area contributed by atoms with E-state index in [-0.39, 0.29) is 17.4 Å². The molecular weight excluding hydrogens is 502 g/mol. The lowest BCUT2D eigenvalue weighted by atomic mass is 10.2. The van der Waals surface area contributed by atoms with E-state index in [0.29, 0.717) is 48.1 Å². The van der Waals surface area contributed by atoms with Gasteiger partial charge in [-0.15, -0.1) is 5.10 Å². The largest absolute Gasteiger partial charge is 0.345 e. The number of amides is 1. The van der Waals surface area contributed by atoms with Crippen LogP contribution in [0.1, 0.15) is 16.1 Å². The SMILES string of the molecule is Cc1c(C(=O)N2CCN(c3ncc(-c4ccnc(Cl)c4)s3)CC2)cnn1-c1nn2cccc2c(=O)[nH]1. The van der Waals surface area contributed by atoms with E-state index >= 15 is 0 Å². The minimum absolute atomic E-state index is 0.103. The lowest BCUT2D eigenvalue weighted by Crippen LogP contribution is -2.48. The molecule has 6 rings (SSSR count). The maximum absolute atomic E-state index is 13.3. The monoisotopic (exact) mass is 521 g/mol. The Morgan fingerprint density at radius 1 is 1.14 bits per heavy atom. The number of rotatable bonds is 4. The Morgan fingerprint density at radius 3 is 2.78 bits per heavy atom. The quantitative estimate of drug-likeness (QED) is 0.361. The van der Waals surface area contributed by atoms with Crippen molar-refractivity contribution in [1.29, 1.82) is 0 Å². The molecule has 0 aliphatic carbocycles. The van der Waals surface area contributed by atoms with Crippen molar-refractivity contribution in [1.82, 2.24) is 39.2 Å². The minimum Gasteiger partial charge on any atom is -0.345 e. The molecule has 1 aliphatic rings. The number of thiazole rings is 1. The normalized spacial score (nSPS) is 14.1. The predicted molar refractivity (Wildman–Crippen MR) is 136 cm³/mol. The number of nitrogens with zero attached hydrogens (tertiary/aromatic N) is 8. The second kappa shape index (κ2) is 8.88. The zero-order chi connectivity index (χ0) is 24.8. The summed E-state index contributed by atoms with van der Waals surface area (Å²) in [6.07, 6.45) is 6.73. The maximum atomic E-state index is 13.3. The van der Waals surface area contributed by atoms with Gasteiger partial charge in [-0.25, -0.2) is 19.2 Å². The molecule has 0 spiro atoms. The van der Waals surface area contributed by atoms with Gasteiger partial charge in [-0.3, -0.25) is 14.6 Å². The van der Waals surface area contributed by atoms with Crippen LogP contribution in [0, 0.1) is 6.92 Å². The molecule has 11 nitrogen and oxygen atoms in total. The van der Waals surface area contributed by atoms with Crippen LogP contribution in [0.15, 0.2) is 53.8 Å². The van der Waals surface area contributed by atoms with E-state index in [9.17, 15) is 9.59 Å². The molecule has 1 N–H and O–H groups in total. The summed E-state index contributed by atoms with van der Waals surface area (Å²) in [6, 6.07) is 7.15. The highest BCUT2D eigenvalue weighted by Crippen LogP contribution is 2.32. The molecule has 1 aliphatic heterocycles. The van der Waals surface area contributed by atoms with Gasteiger partial charge >= 0.3 is 0 Å². The van der Waals surface area contributed by atoms with Gasteiger partial charge in [0, 0.05) is 44.8 Å². The molecule has 0 unspecified atom stereocenters. The molecule has 1 amide bonds. The van der Waals surface area contributed by atoms with Gasteiger partial charge in [0.25, 0.3) is 11.5 Å². The average Bonchev–Trinajstić information content (AvgIpc) is 3.64. The van der Waals surface area contributed by atoms with E-state index in [1.54, 1.807) is 42.8 Å². The van der Waals surface area contributed by atoms with E-state index in [4.69, 9.17) is 11.6 Å². The van der Waals surface area contributed by atoms with Crippen molar-refractivity contribution < 1.29 is 4.79 Å². The molecule has 0 aromatic carbocycles. The molecule has 36 heavy (non-hydrogen) atoms. The highest BCUT2D eigenvalue weighted by molar-refractivity contribution is 7.18. The summed E-state index contributed by atoms with van der Waals surface area (Å²) in [4.78, 5) is 42.0. The highest BCUT2D eigenvalue weighted by Gasteiger charge is 2.27. The van der Waals surface area contributed by atoms with Crippen LogP contribution in [-0.2, 0) is 0 Å². The van der Waals surface area contributed by atoms with Crippen molar-refractivity contribution in [3.05, 3.63) is 75.8 Å². The number of anilines is 1. The minimum atomic E-state index is -0.277. The number of carbonyl (C=O) groups excluding carboxylic acids is 1. The average molecular weight is 522 g/mol. The van der Waals surface area contributed by atoms with Crippen LogP contribution in [0.25, 0.3) is 21.9 Å². The number of piperazine rings is 1. The first kappa shape index (κ1) is 22.4. The van der Waals surface area contributed by atoms with E-state index in [1.165, 1.54) is 15.4 Å². The fraction of sp³-hybridized carbons (Fsp3) is 0.217. The first-order valence-corrected chi connectivity index (χ1v) is 12.4. The van der Waals surface area contributed by atoms with E-state index < -0.39 is 0 Å². The van der Waals surface area contributed by atoms with Crippen molar-refractivity contribution in [2.24, 2.45) is 0 Å². The van der Waals surface area contributed by atoms with E-state index in [1.807, 2.05) is 23.2 Å². The smallest absolute Gasteiger partial charge is 0.276 e. The number of fused-ring (bicyclic) bond motifs is 1. The van der Waals surface area contributed by atoms with Gasteiger partial charge in [-0.1, -0.05) is 22.9 Å². The molecule has 13 heteroatoms.